The van der Waals surface area contributed by atoms with E-state index in [4.69, 9.17) is 0 Å². The summed E-state index contributed by atoms with van der Waals surface area (Å²) in [7, 11) is 1.77. The molecule has 1 fully saturated rings. The summed E-state index contributed by atoms with van der Waals surface area (Å²) in [6, 6.07) is 0. The summed E-state index contributed by atoms with van der Waals surface area (Å²) in [6.45, 7) is 7.85. The highest BCUT2D eigenvalue weighted by Crippen LogP contribution is 2.15. The number of aliphatic imine (C=N–C) groups is 1. The number of guanidine groups is 1. The summed E-state index contributed by atoms with van der Waals surface area (Å²) in [4.78, 5) is 18.3. The molecule has 0 aromatic rings. The average molecular weight is 296 g/mol. The van der Waals surface area contributed by atoms with Gasteiger partial charge in [-0.1, -0.05) is 26.7 Å². The van der Waals surface area contributed by atoms with Crippen LogP contribution in [0.25, 0.3) is 0 Å². The predicted molar refractivity (Wildman–Crippen MR) is 88.5 cm³/mol. The van der Waals surface area contributed by atoms with Crippen molar-refractivity contribution < 1.29 is 4.79 Å². The Bertz CT molecular complexity index is 330. The minimum Gasteiger partial charge on any atom is -0.356 e. The molecule has 1 aliphatic rings. The zero-order chi connectivity index (χ0) is 15.5. The van der Waals surface area contributed by atoms with E-state index in [0.717, 1.165) is 38.4 Å². The van der Waals surface area contributed by atoms with Gasteiger partial charge in [0, 0.05) is 39.6 Å². The first kappa shape index (κ1) is 17.8. The van der Waals surface area contributed by atoms with Gasteiger partial charge >= 0.3 is 0 Å². The molecule has 1 atom stereocenters. The van der Waals surface area contributed by atoms with E-state index in [0.29, 0.717) is 18.9 Å². The van der Waals surface area contributed by atoms with Crippen LogP contribution in [0.15, 0.2) is 4.99 Å². The Morgan fingerprint density at radius 1 is 1.29 bits per heavy atom. The van der Waals surface area contributed by atoms with Crippen LogP contribution in [-0.4, -0.2) is 50.0 Å². The molecule has 1 unspecified atom stereocenters. The fraction of sp³-hybridized carbons (Fsp3) is 0.875. The maximum Gasteiger partial charge on any atom is 0.224 e. The molecule has 5 nitrogen and oxygen atoms in total. The monoisotopic (exact) mass is 296 g/mol. The SMILES string of the molecule is CCCCCNC(=NC)NCCC(=O)N1CCCC(C)C1. The highest BCUT2D eigenvalue weighted by atomic mass is 16.2. The average Bonchev–Trinajstić information content (AvgIpc) is 2.49. The lowest BCUT2D eigenvalue weighted by Crippen LogP contribution is -2.42. The Hall–Kier alpha value is -1.26. The Morgan fingerprint density at radius 2 is 2.05 bits per heavy atom. The van der Waals surface area contributed by atoms with Gasteiger partial charge in [-0.3, -0.25) is 9.79 Å². The van der Waals surface area contributed by atoms with Crippen LogP contribution < -0.4 is 10.6 Å². The van der Waals surface area contributed by atoms with Crippen LogP contribution in [0, 0.1) is 5.92 Å². The Balaban J connectivity index is 2.17. The van der Waals surface area contributed by atoms with Crippen molar-refractivity contribution in [1.82, 2.24) is 15.5 Å². The molecular formula is C16H32N4O. The largest absolute Gasteiger partial charge is 0.356 e. The van der Waals surface area contributed by atoms with Crippen LogP contribution in [-0.2, 0) is 4.79 Å². The minimum absolute atomic E-state index is 0.260. The van der Waals surface area contributed by atoms with Gasteiger partial charge in [-0.15, -0.1) is 0 Å². The molecule has 0 aromatic heterocycles. The smallest absolute Gasteiger partial charge is 0.224 e. The molecule has 1 rings (SSSR count). The highest BCUT2D eigenvalue weighted by Gasteiger charge is 2.20. The number of hydrogen-bond donors (Lipinski definition) is 2. The number of nitrogens with zero attached hydrogens (tertiary/aromatic N) is 2. The van der Waals surface area contributed by atoms with Crippen molar-refractivity contribution in [2.75, 3.05) is 33.2 Å². The van der Waals surface area contributed by atoms with Crippen LogP contribution in [0.4, 0.5) is 0 Å². The normalized spacial score (nSPS) is 19.5. The number of hydrogen-bond acceptors (Lipinski definition) is 2. The molecule has 1 saturated heterocycles. The van der Waals surface area contributed by atoms with Gasteiger partial charge in [0.25, 0.3) is 0 Å². The molecule has 122 valence electrons. The molecule has 5 heteroatoms. The Morgan fingerprint density at radius 3 is 2.71 bits per heavy atom. The van der Waals surface area contributed by atoms with E-state index in [-0.39, 0.29) is 5.91 Å². The van der Waals surface area contributed by atoms with Crippen LogP contribution >= 0.6 is 0 Å². The number of unbranched alkanes of at least 4 members (excludes halogenated alkanes) is 2. The summed E-state index contributed by atoms with van der Waals surface area (Å²) in [5, 5.41) is 6.50. The van der Waals surface area contributed by atoms with Gasteiger partial charge in [0.1, 0.15) is 0 Å². The van der Waals surface area contributed by atoms with E-state index >= 15 is 0 Å². The van der Waals surface area contributed by atoms with Crippen molar-refractivity contribution in [3.8, 4) is 0 Å². The zero-order valence-corrected chi connectivity index (χ0v) is 14.0. The van der Waals surface area contributed by atoms with Crippen LogP contribution in [0.5, 0.6) is 0 Å². The van der Waals surface area contributed by atoms with Crippen molar-refractivity contribution in [1.29, 1.82) is 0 Å². The molecule has 0 aromatic carbocycles. The molecule has 1 aliphatic heterocycles. The van der Waals surface area contributed by atoms with Crippen molar-refractivity contribution in [2.24, 2.45) is 10.9 Å². The second-order valence-corrected chi connectivity index (χ2v) is 5.97. The first-order valence-electron chi connectivity index (χ1n) is 8.39. The van der Waals surface area contributed by atoms with Crippen molar-refractivity contribution in [2.45, 2.75) is 52.4 Å². The molecule has 0 aliphatic carbocycles. The van der Waals surface area contributed by atoms with Gasteiger partial charge in [-0.25, -0.2) is 0 Å². The minimum atomic E-state index is 0.260. The third-order valence-corrected chi connectivity index (χ3v) is 3.94. The molecule has 1 amide bonds. The number of nitrogens with one attached hydrogen (secondary N) is 2. The quantitative estimate of drug-likeness (QED) is 0.429. The first-order chi connectivity index (χ1) is 10.2. The van der Waals surface area contributed by atoms with Gasteiger partial charge in [0.15, 0.2) is 5.96 Å². The summed E-state index contributed by atoms with van der Waals surface area (Å²) in [5.41, 5.74) is 0. The summed E-state index contributed by atoms with van der Waals surface area (Å²) < 4.78 is 0. The molecule has 0 bridgehead atoms. The Kier molecular flexibility index (Phi) is 8.87. The van der Waals surface area contributed by atoms with E-state index in [1.54, 1.807) is 7.05 Å². The number of likely N-dealkylation sites (tertiary alicyclic amines) is 1. The van der Waals surface area contributed by atoms with Gasteiger partial charge < -0.3 is 15.5 Å². The number of carbonyl (C=O) groups excluding carboxylic acids is 1. The van der Waals surface area contributed by atoms with Crippen LogP contribution in [0.1, 0.15) is 52.4 Å². The second kappa shape index (κ2) is 10.5. The predicted octanol–water partition coefficient (Wildman–Crippen LogP) is 1.99. The zero-order valence-electron chi connectivity index (χ0n) is 14.0. The lowest BCUT2D eigenvalue weighted by molar-refractivity contribution is -0.132. The van der Waals surface area contributed by atoms with E-state index in [9.17, 15) is 4.79 Å². The van der Waals surface area contributed by atoms with Crippen molar-refractivity contribution in [3.05, 3.63) is 0 Å². The van der Waals surface area contributed by atoms with Crippen LogP contribution in [0.3, 0.4) is 0 Å². The summed E-state index contributed by atoms with van der Waals surface area (Å²) >= 11 is 0. The second-order valence-electron chi connectivity index (χ2n) is 5.97. The molecule has 0 saturated carbocycles. The number of piperidine rings is 1. The molecule has 2 N–H and O–H groups in total. The van der Waals surface area contributed by atoms with Gasteiger partial charge in [-0.05, 0) is 25.2 Å². The van der Waals surface area contributed by atoms with E-state index in [1.165, 1.54) is 19.3 Å². The van der Waals surface area contributed by atoms with Crippen LogP contribution in [0.2, 0.25) is 0 Å². The number of carbonyl (C=O) groups is 1. The molecule has 0 radical (unpaired) electrons. The maximum atomic E-state index is 12.1. The fourth-order valence-electron chi connectivity index (χ4n) is 2.66. The summed E-state index contributed by atoms with van der Waals surface area (Å²) in [6.07, 6.45) is 6.54. The van der Waals surface area contributed by atoms with Crippen molar-refractivity contribution >= 4 is 11.9 Å². The Labute approximate surface area is 129 Å². The third-order valence-electron chi connectivity index (χ3n) is 3.94. The van der Waals surface area contributed by atoms with Crippen molar-refractivity contribution in [3.63, 3.8) is 0 Å². The maximum absolute atomic E-state index is 12.1. The number of amides is 1. The van der Waals surface area contributed by atoms with E-state index in [2.05, 4.69) is 29.5 Å². The third kappa shape index (κ3) is 7.34. The molecule has 21 heavy (non-hydrogen) atoms. The molecule has 1 heterocycles. The fourth-order valence-corrected chi connectivity index (χ4v) is 2.66. The highest BCUT2D eigenvalue weighted by molar-refractivity contribution is 5.81. The lowest BCUT2D eigenvalue weighted by atomic mass is 10.00. The lowest BCUT2D eigenvalue weighted by Gasteiger charge is -2.31. The molecule has 0 spiro atoms. The number of rotatable bonds is 7. The standard InChI is InChI=1S/C16H32N4O/c1-4-5-6-10-18-16(17-3)19-11-9-15(21)20-12-7-8-14(2)13-20/h14H,4-13H2,1-3H3,(H2,17,18,19). The van der Waals surface area contributed by atoms with Gasteiger partial charge in [-0.2, -0.15) is 0 Å². The van der Waals surface area contributed by atoms with E-state index in [1.807, 2.05) is 4.90 Å². The van der Waals surface area contributed by atoms with E-state index < -0.39 is 0 Å². The van der Waals surface area contributed by atoms with Gasteiger partial charge in [0.2, 0.25) is 5.91 Å². The summed E-state index contributed by atoms with van der Waals surface area (Å²) in [5.74, 6) is 1.70. The molecular weight excluding hydrogens is 264 g/mol. The van der Waals surface area contributed by atoms with Gasteiger partial charge in [0.05, 0.1) is 0 Å². The topological polar surface area (TPSA) is 56.7 Å². The first-order valence-corrected chi connectivity index (χ1v) is 8.39.